The molecule has 1 aromatic heterocycles. The number of aromatic nitrogens is 2. The van der Waals surface area contributed by atoms with E-state index >= 15 is 0 Å². The summed E-state index contributed by atoms with van der Waals surface area (Å²) in [4.78, 5) is 12.3. The highest BCUT2D eigenvalue weighted by molar-refractivity contribution is 7.93. The molecule has 32 heavy (non-hydrogen) atoms. The second-order valence-electron chi connectivity index (χ2n) is 7.12. The maximum Gasteiger partial charge on any atom is 0.272 e. The van der Waals surface area contributed by atoms with Crippen molar-refractivity contribution in [2.75, 3.05) is 4.72 Å². The number of aryl methyl sites for hydroxylation is 1. The zero-order valence-electron chi connectivity index (χ0n) is 16.4. The van der Waals surface area contributed by atoms with Gasteiger partial charge in [-0.25, -0.2) is 17.2 Å². The van der Waals surface area contributed by atoms with Crippen molar-refractivity contribution in [2.45, 2.75) is 18.4 Å². The summed E-state index contributed by atoms with van der Waals surface area (Å²) in [5.74, 6) is -1.96. The normalized spacial score (nSPS) is 11.8. The van der Waals surface area contributed by atoms with Gasteiger partial charge in [0.1, 0.15) is 4.90 Å². The summed E-state index contributed by atoms with van der Waals surface area (Å²) in [5, 5.41) is 2.82. The van der Waals surface area contributed by atoms with Gasteiger partial charge < -0.3 is 0 Å². The molecule has 166 valence electrons. The number of rotatable bonds is 5. The molecule has 6 nitrogen and oxygen atoms in total. The molecule has 11 heteroatoms. The highest BCUT2D eigenvalue weighted by Gasteiger charge is 2.23. The smallest absolute Gasteiger partial charge is 0.272 e. The SMILES string of the molecule is Cc1ccc(Cl)c(Cl)c1S(=O)(=O)Nc1ccc2c(c1)c(=O)[nH]n2Cc1ccc(F)c(F)c1. The van der Waals surface area contributed by atoms with E-state index in [2.05, 4.69) is 9.82 Å². The fourth-order valence-electron chi connectivity index (χ4n) is 3.37. The average Bonchev–Trinajstić information content (AvgIpc) is 3.02. The zero-order chi connectivity index (χ0) is 23.2. The van der Waals surface area contributed by atoms with E-state index in [1.807, 2.05) is 0 Å². The summed E-state index contributed by atoms with van der Waals surface area (Å²) >= 11 is 12.1. The monoisotopic (exact) mass is 497 g/mol. The number of benzene rings is 3. The third-order valence-corrected chi connectivity index (χ3v) is 7.35. The lowest BCUT2D eigenvalue weighted by atomic mass is 10.2. The van der Waals surface area contributed by atoms with Crippen LogP contribution in [0.25, 0.3) is 10.9 Å². The van der Waals surface area contributed by atoms with Crippen LogP contribution in [0, 0.1) is 18.6 Å². The molecule has 0 saturated heterocycles. The molecule has 4 aromatic rings. The molecule has 0 atom stereocenters. The van der Waals surface area contributed by atoms with Gasteiger partial charge in [-0.05, 0) is 54.4 Å². The molecule has 0 aliphatic carbocycles. The van der Waals surface area contributed by atoms with Crippen LogP contribution in [0.15, 0.2) is 58.2 Å². The minimum atomic E-state index is -4.09. The summed E-state index contributed by atoms with van der Waals surface area (Å²) in [6.45, 7) is 1.67. The van der Waals surface area contributed by atoms with Crippen molar-refractivity contribution in [1.29, 1.82) is 0 Å². The molecule has 4 rings (SSSR count). The van der Waals surface area contributed by atoms with Crippen molar-refractivity contribution < 1.29 is 17.2 Å². The minimum Gasteiger partial charge on any atom is -0.280 e. The maximum atomic E-state index is 13.5. The number of hydrogen-bond acceptors (Lipinski definition) is 3. The quantitative estimate of drug-likeness (QED) is 0.403. The van der Waals surface area contributed by atoms with Crippen molar-refractivity contribution >= 4 is 49.8 Å². The van der Waals surface area contributed by atoms with Gasteiger partial charge in [-0.1, -0.05) is 35.3 Å². The van der Waals surface area contributed by atoms with E-state index in [9.17, 15) is 22.0 Å². The van der Waals surface area contributed by atoms with E-state index in [0.29, 0.717) is 16.6 Å². The molecule has 0 amide bonds. The number of nitrogens with one attached hydrogen (secondary N) is 2. The second kappa shape index (κ2) is 8.23. The molecule has 0 fully saturated rings. The molecule has 0 bridgehead atoms. The van der Waals surface area contributed by atoms with Gasteiger partial charge in [0, 0.05) is 5.69 Å². The van der Waals surface area contributed by atoms with Gasteiger partial charge in [-0.2, -0.15) is 0 Å². The van der Waals surface area contributed by atoms with Crippen molar-refractivity contribution in [2.24, 2.45) is 0 Å². The zero-order valence-corrected chi connectivity index (χ0v) is 18.7. The van der Waals surface area contributed by atoms with Gasteiger partial charge in [0.2, 0.25) is 0 Å². The Labute approximate surface area is 191 Å². The van der Waals surface area contributed by atoms with Crippen LogP contribution in [0.1, 0.15) is 11.1 Å². The summed E-state index contributed by atoms with van der Waals surface area (Å²) in [5.41, 5.74) is 0.973. The van der Waals surface area contributed by atoms with Crippen molar-refractivity contribution in [3.05, 3.63) is 91.7 Å². The first kappa shape index (κ1) is 22.3. The molecular weight excluding hydrogens is 483 g/mol. The molecule has 0 saturated carbocycles. The van der Waals surface area contributed by atoms with Gasteiger partial charge >= 0.3 is 0 Å². The number of sulfonamides is 1. The number of fused-ring (bicyclic) bond motifs is 1. The number of aromatic amines is 1. The van der Waals surface area contributed by atoms with E-state index in [-0.39, 0.29) is 32.6 Å². The van der Waals surface area contributed by atoms with E-state index < -0.39 is 27.2 Å². The van der Waals surface area contributed by atoms with Crippen molar-refractivity contribution in [1.82, 2.24) is 9.78 Å². The lowest BCUT2D eigenvalue weighted by Crippen LogP contribution is -2.15. The predicted molar refractivity (Wildman–Crippen MR) is 120 cm³/mol. The number of hydrogen-bond donors (Lipinski definition) is 2. The third kappa shape index (κ3) is 4.11. The summed E-state index contributed by atoms with van der Waals surface area (Å²) in [7, 11) is -4.09. The van der Waals surface area contributed by atoms with E-state index in [1.54, 1.807) is 6.92 Å². The van der Waals surface area contributed by atoms with Gasteiger partial charge in [0.25, 0.3) is 15.6 Å². The molecule has 2 N–H and O–H groups in total. The Kier molecular flexibility index (Phi) is 5.74. The van der Waals surface area contributed by atoms with Crippen LogP contribution in [0.3, 0.4) is 0 Å². The summed E-state index contributed by atoms with van der Waals surface area (Å²) < 4.78 is 56.3. The highest BCUT2D eigenvalue weighted by atomic mass is 35.5. The molecule has 3 aromatic carbocycles. The van der Waals surface area contributed by atoms with Gasteiger partial charge in [0.05, 0.1) is 27.5 Å². The molecular formula is C21H15Cl2F2N3O3S. The molecule has 0 unspecified atom stereocenters. The number of nitrogens with zero attached hydrogens (tertiary/aromatic N) is 1. The lowest BCUT2D eigenvalue weighted by molar-refractivity contribution is 0.506. The highest BCUT2D eigenvalue weighted by Crippen LogP contribution is 2.33. The van der Waals surface area contributed by atoms with Crippen LogP contribution >= 0.6 is 23.2 Å². The van der Waals surface area contributed by atoms with Crippen LogP contribution in [0.2, 0.25) is 10.0 Å². The topological polar surface area (TPSA) is 84.0 Å². The van der Waals surface area contributed by atoms with Crippen molar-refractivity contribution in [3.63, 3.8) is 0 Å². The fraction of sp³-hybridized carbons (Fsp3) is 0.0952. The Hall–Kier alpha value is -2.88. The maximum absolute atomic E-state index is 13.5. The van der Waals surface area contributed by atoms with Crippen molar-refractivity contribution in [3.8, 4) is 0 Å². The lowest BCUT2D eigenvalue weighted by Gasteiger charge is -2.13. The van der Waals surface area contributed by atoms with E-state index in [0.717, 1.165) is 12.1 Å². The number of halogens is 4. The van der Waals surface area contributed by atoms with Gasteiger partial charge in [-0.15, -0.1) is 0 Å². The minimum absolute atomic E-state index is 0.0817. The Morgan fingerprint density at radius 2 is 1.78 bits per heavy atom. The van der Waals surface area contributed by atoms with E-state index in [4.69, 9.17) is 23.2 Å². The third-order valence-electron chi connectivity index (χ3n) is 4.86. The van der Waals surface area contributed by atoms with Gasteiger partial charge in [-0.3, -0.25) is 19.3 Å². The standard InChI is InChI=1S/C21H15Cl2F2N3O3S/c1-11-2-5-15(22)19(23)20(11)32(30,31)27-13-4-7-18-14(9-13)21(29)26-28(18)10-12-3-6-16(24)17(25)8-12/h2-9,27H,10H2,1H3,(H,26,29). The Morgan fingerprint density at radius 3 is 2.50 bits per heavy atom. The largest absolute Gasteiger partial charge is 0.280 e. The first-order chi connectivity index (χ1) is 15.1. The molecule has 0 aliphatic rings. The first-order valence-electron chi connectivity index (χ1n) is 9.21. The Bertz CT molecular complexity index is 1530. The molecule has 0 aliphatic heterocycles. The second-order valence-corrected chi connectivity index (χ2v) is 9.52. The van der Waals surface area contributed by atoms with Crippen LogP contribution in [0.5, 0.6) is 0 Å². The average molecular weight is 498 g/mol. The van der Waals surface area contributed by atoms with Crippen LogP contribution in [-0.2, 0) is 16.6 Å². The molecule has 0 spiro atoms. The Morgan fingerprint density at radius 1 is 1.03 bits per heavy atom. The number of anilines is 1. The fourth-order valence-corrected chi connectivity index (χ4v) is 5.48. The molecule has 1 heterocycles. The molecule has 0 radical (unpaired) electrons. The van der Waals surface area contributed by atoms with Crippen LogP contribution in [-0.4, -0.2) is 18.2 Å². The summed E-state index contributed by atoms with van der Waals surface area (Å²) in [6.07, 6.45) is 0. The van der Waals surface area contributed by atoms with Crippen LogP contribution < -0.4 is 10.3 Å². The summed E-state index contributed by atoms with van der Waals surface area (Å²) in [6, 6.07) is 10.9. The van der Waals surface area contributed by atoms with E-state index in [1.165, 1.54) is 41.1 Å². The number of H-pyrrole nitrogens is 1. The van der Waals surface area contributed by atoms with Crippen LogP contribution in [0.4, 0.5) is 14.5 Å². The predicted octanol–water partition coefficient (Wildman–Crippen LogP) is 5.07. The first-order valence-corrected chi connectivity index (χ1v) is 11.4. The Balaban J connectivity index is 1.69. The van der Waals surface area contributed by atoms with Gasteiger partial charge in [0.15, 0.2) is 11.6 Å².